The zero-order valence-electron chi connectivity index (χ0n) is 26.8. The van der Waals surface area contributed by atoms with Gasteiger partial charge in [-0.3, -0.25) is 0 Å². The maximum absolute atomic E-state index is 9.80. The van der Waals surface area contributed by atoms with Gasteiger partial charge in [0.15, 0.2) is 13.0 Å². The third kappa shape index (κ3) is 20.5. The topological polar surface area (TPSA) is 124 Å². The zero-order valence-corrected chi connectivity index (χ0v) is 24.6. The van der Waals surface area contributed by atoms with Crippen molar-refractivity contribution in [3.05, 3.63) is 59.7 Å². The molecule has 0 saturated heterocycles. The SMILES string of the molecule is [2H]B(C)S.[2H]B(C)S.[3H]OC(C)(C)CN(B(C)O)c1ccc(C#N)cc1.[3H]OC(C)(C)CNc1ccc(C#N)cc1. The van der Waals surface area contributed by atoms with Gasteiger partial charge in [-0.2, -0.15) is 10.5 Å². The van der Waals surface area contributed by atoms with Gasteiger partial charge in [0.2, 0.25) is 2.86 Å². The van der Waals surface area contributed by atoms with Crippen molar-refractivity contribution in [2.75, 3.05) is 23.2 Å². The summed E-state index contributed by atoms with van der Waals surface area (Å²) in [6.07, 6.45) is 0. The van der Waals surface area contributed by atoms with Crippen molar-refractivity contribution in [3.63, 3.8) is 0 Å². The van der Waals surface area contributed by atoms with Crippen LogP contribution in [-0.4, -0.2) is 65.2 Å². The summed E-state index contributed by atoms with van der Waals surface area (Å²) in [7, 11) is -0.702. The van der Waals surface area contributed by atoms with E-state index >= 15 is 0 Å². The smallest absolute Gasteiger partial charge is 0.409 e. The van der Waals surface area contributed by atoms with Crippen LogP contribution in [0, 0.1) is 22.7 Å². The first-order valence-electron chi connectivity index (χ1n) is 13.6. The Balaban J connectivity index is 0. The van der Waals surface area contributed by atoms with E-state index in [1.54, 1.807) is 75.5 Å². The number of hydrogen-bond acceptors (Lipinski definition) is 9. The molecule has 12 heteroatoms. The van der Waals surface area contributed by atoms with Crippen LogP contribution in [0.4, 0.5) is 11.4 Å². The van der Waals surface area contributed by atoms with Crippen molar-refractivity contribution < 1.29 is 15.2 Å². The highest BCUT2D eigenvalue weighted by atomic mass is 32.1. The largest absolute Gasteiger partial charge is 0.432 e. The molecule has 0 heterocycles. The van der Waals surface area contributed by atoms with E-state index in [0.29, 0.717) is 24.2 Å². The first-order valence-corrected chi connectivity index (χ1v) is 12.6. The van der Waals surface area contributed by atoms with Crippen molar-refractivity contribution in [2.45, 2.75) is 59.4 Å². The Kier molecular flexibility index (Phi) is 15.7. The van der Waals surface area contributed by atoms with Crippen LogP contribution >= 0.6 is 25.0 Å². The van der Waals surface area contributed by atoms with Gasteiger partial charge < -0.3 is 25.4 Å². The summed E-state index contributed by atoms with van der Waals surface area (Å²) >= 11 is 7.27. The summed E-state index contributed by atoms with van der Waals surface area (Å²) in [6.45, 7) is 12.7. The second-order valence-electron chi connectivity index (χ2n) is 9.00. The Morgan fingerprint density at radius 3 is 1.73 bits per heavy atom. The summed E-state index contributed by atoms with van der Waals surface area (Å²) in [4.78, 5) is 1.72. The summed E-state index contributed by atoms with van der Waals surface area (Å²) in [5.41, 5.74) is 1.70. The molecule has 0 aliphatic rings. The Bertz CT molecular complexity index is 1050. The zero-order chi connectivity index (χ0) is 32.2. The lowest BCUT2D eigenvalue weighted by Gasteiger charge is -2.31. The van der Waals surface area contributed by atoms with Gasteiger partial charge in [-0.05, 0) is 85.7 Å². The third-order valence-corrected chi connectivity index (χ3v) is 4.06. The van der Waals surface area contributed by atoms with Gasteiger partial charge >= 0.3 is 7.05 Å². The van der Waals surface area contributed by atoms with Crippen molar-refractivity contribution in [1.29, 1.82) is 16.1 Å². The van der Waals surface area contributed by atoms with Crippen LogP contribution in [0.1, 0.15) is 38.8 Å². The molecule has 200 valence electrons. The fourth-order valence-electron chi connectivity index (χ4n) is 2.55. The monoisotopic (exact) mass is 548 g/mol. The maximum atomic E-state index is 9.80. The minimum atomic E-state index is -0.702. The highest BCUT2D eigenvalue weighted by Gasteiger charge is 2.24. The molecule has 0 saturated carbocycles. The van der Waals surface area contributed by atoms with E-state index in [1.807, 2.05) is 32.0 Å². The number of anilines is 2. The van der Waals surface area contributed by atoms with Crippen molar-refractivity contribution in [2.24, 2.45) is 0 Å². The average Bonchev–Trinajstić information content (AvgIpc) is 2.90. The predicted octanol–water partition coefficient (Wildman–Crippen LogP) is 3.62. The molecule has 0 amide bonds. The van der Waals surface area contributed by atoms with Crippen LogP contribution in [-0.2, 0) is 0 Å². The molecule has 0 radical (unpaired) electrons. The summed E-state index contributed by atoms with van der Waals surface area (Å²) in [6, 6.07) is 18.2. The molecule has 0 unspecified atom stereocenters. The molecule has 37 heavy (non-hydrogen) atoms. The lowest BCUT2D eigenvalue weighted by Crippen LogP contribution is -2.46. The Morgan fingerprint density at radius 1 is 0.973 bits per heavy atom. The molecule has 7 nitrogen and oxygen atoms in total. The fraction of sp³-hybridized carbons (Fsp3) is 0.440. The fourth-order valence-corrected chi connectivity index (χ4v) is 2.55. The summed E-state index contributed by atoms with van der Waals surface area (Å²) in [5.74, 6) is 0. The lowest BCUT2D eigenvalue weighted by molar-refractivity contribution is 0.0900. The molecular formula is C25H41B3N4O3S2. The van der Waals surface area contributed by atoms with Gasteiger partial charge in [0.05, 0.1) is 34.5 Å². The molecule has 0 spiro atoms. The van der Waals surface area contributed by atoms with Crippen LogP contribution < -0.4 is 10.1 Å². The predicted molar refractivity (Wildman–Crippen MR) is 169 cm³/mol. The van der Waals surface area contributed by atoms with Gasteiger partial charge in [0.25, 0.3) is 0 Å². The summed E-state index contributed by atoms with van der Waals surface area (Å²) in [5, 5.41) is 39.5. The molecule has 0 aliphatic heterocycles. The molecule has 0 bridgehead atoms. The normalized spacial score (nSPS) is 11.2. The van der Waals surface area contributed by atoms with Gasteiger partial charge in [0.1, 0.15) is 0 Å². The minimum Gasteiger partial charge on any atom is -0.432 e. The number of nitrogens with one attached hydrogen (secondary N) is 1. The second-order valence-corrected chi connectivity index (χ2v) is 10.0. The molecule has 0 atom stereocenters. The van der Waals surface area contributed by atoms with Crippen molar-refractivity contribution in [1.82, 2.24) is 0 Å². The number of hydrogen-bond donors (Lipinski definition) is 6. The van der Waals surface area contributed by atoms with E-state index in [9.17, 15) is 5.02 Å². The molecule has 2 rings (SSSR count). The lowest BCUT2D eigenvalue weighted by atomic mass is 9.82. The minimum absolute atomic E-state index is 0.222. The van der Waals surface area contributed by atoms with Crippen LogP contribution in [0.3, 0.4) is 0 Å². The molecular weight excluding hydrogens is 501 g/mol. The number of nitriles is 2. The van der Waals surface area contributed by atoms with E-state index in [-0.39, 0.29) is 13.0 Å². The van der Waals surface area contributed by atoms with Crippen molar-refractivity contribution >= 4 is 56.4 Å². The molecule has 0 aliphatic carbocycles. The van der Waals surface area contributed by atoms with Gasteiger partial charge in [-0.1, -0.05) is 13.6 Å². The molecule has 0 fully saturated rings. The molecule has 4 N–H and O–H groups in total. The van der Waals surface area contributed by atoms with Crippen molar-refractivity contribution in [3.8, 4) is 12.1 Å². The van der Waals surface area contributed by atoms with Crippen LogP contribution in [0.5, 0.6) is 0 Å². The van der Waals surface area contributed by atoms with Crippen LogP contribution in [0.25, 0.3) is 0 Å². The Morgan fingerprint density at radius 2 is 1.38 bits per heavy atom. The van der Waals surface area contributed by atoms with Gasteiger partial charge in [0, 0.05) is 24.5 Å². The second kappa shape index (κ2) is 19.8. The highest BCUT2D eigenvalue weighted by molar-refractivity contribution is 8.06. The van der Waals surface area contributed by atoms with Crippen LogP contribution in [0.15, 0.2) is 48.5 Å². The van der Waals surface area contributed by atoms with E-state index < -0.39 is 18.3 Å². The molecule has 2 aromatic rings. The average molecular weight is 548 g/mol. The number of nitrogens with zero attached hydrogens (tertiary/aromatic N) is 3. The number of aliphatic hydroxyl groups is 2. The summed E-state index contributed by atoms with van der Waals surface area (Å²) < 4.78 is 26.8. The number of thiol groups is 2. The molecule has 0 aromatic heterocycles. The maximum Gasteiger partial charge on any atom is 0.409 e. The standard InChI is InChI=1S/C12H17BN2O2.C11H14N2O.2CH5BS/c1-12(2,16)9-15(13(3)17)11-6-4-10(8-14)5-7-11;1-11(2,14)8-13-10-5-3-9(7-12)4-6-10;2*1-2-3/h4-7,16-17H,9H2,1-3H3;3-6,13-14H,8H2,1-2H3;2*2-3H,1H3/i16T;14T;2*2D. The van der Waals surface area contributed by atoms with Crippen LogP contribution in [0.2, 0.25) is 20.5 Å². The van der Waals surface area contributed by atoms with E-state index in [2.05, 4.69) is 46.6 Å². The highest BCUT2D eigenvalue weighted by Crippen LogP contribution is 2.19. The molecule has 2 aromatic carbocycles. The van der Waals surface area contributed by atoms with Gasteiger partial charge in [-0.15, -0.1) is 0 Å². The first-order chi connectivity index (χ1) is 18.9. The van der Waals surface area contributed by atoms with Gasteiger partial charge in [-0.25, -0.2) is 25.0 Å². The number of benzene rings is 2. The first kappa shape index (κ1) is 29.4. The number of rotatable bonds is 9. The Labute approximate surface area is 241 Å². The van der Waals surface area contributed by atoms with E-state index in [0.717, 1.165) is 11.4 Å². The Hall–Kier alpha value is -2.21. The third-order valence-electron chi connectivity index (χ3n) is 4.06. The van der Waals surface area contributed by atoms with E-state index in [1.165, 1.54) is 0 Å². The van der Waals surface area contributed by atoms with E-state index in [4.69, 9.17) is 16.1 Å². The quantitative estimate of drug-likeness (QED) is 0.209.